The summed E-state index contributed by atoms with van der Waals surface area (Å²) in [5, 5.41) is 3.17. The summed E-state index contributed by atoms with van der Waals surface area (Å²) in [6, 6.07) is 8.37. The summed E-state index contributed by atoms with van der Waals surface area (Å²) in [5.74, 6) is 0.655. The van der Waals surface area contributed by atoms with Crippen LogP contribution in [0, 0.1) is 11.8 Å². The molecule has 1 aliphatic carbocycles. The van der Waals surface area contributed by atoms with Gasteiger partial charge >= 0.3 is 0 Å². The van der Waals surface area contributed by atoms with Crippen molar-refractivity contribution in [1.29, 1.82) is 0 Å². The number of hydrogen-bond acceptors (Lipinski definition) is 2. The number of carbonyl (C=O) groups is 2. The van der Waals surface area contributed by atoms with Crippen molar-refractivity contribution in [1.82, 2.24) is 5.32 Å². The Hall–Kier alpha value is -1.84. The lowest BCUT2D eigenvalue weighted by Crippen LogP contribution is -2.41. The molecule has 1 aliphatic heterocycles. The quantitative estimate of drug-likeness (QED) is 0.922. The number of benzene rings is 1. The number of nitrogens with zero attached hydrogens (tertiary/aromatic N) is 1. The second-order valence-electron chi connectivity index (χ2n) is 7.39. The van der Waals surface area contributed by atoms with Crippen molar-refractivity contribution in [3.05, 3.63) is 29.8 Å². The third-order valence-electron chi connectivity index (χ3n) is 5.51. The molecule has 1 saturated carbocycles. The normalized spacial score (nSPS) is 27.3. The van der Waals surface area contributed by atoms with Gasteiger partial charge in [-0.15, -0.1) is 0 Å². The highest BCUT2D eigenvalue weighted by molar-refractivity contribution is 6.00. The fraction of sp³-hybridized carbons (Fsp3) is 0.600. The summed E-state index contributed by atoms with van der Waals surface area (Å²) in [5.41, 5.74) is 2.16. The van der Waals surface area contributed by atoms with Gasteiger partial charge in [0.1, 0.15) is 0 Å². The number of nitrogens with one attached hydrogen (secondary N) is 1. The molecule has 1 heterocycles. The third kappa shape index (κ3) is 3.80. The molecule has 1 saturated heterocycles. The summed E-state index contributed by atoms with van der Waals surface area (Å²) >= 11 is 0. The number of rotatable bonds is 4. The van der Waals surface area contributed by atoms with Crippen LogP contribution in [0.3, 0.4) is 0 Å². The zero-order chi connectivity index (χ0) is 17.1. The van der Waals surface area contributed by atoms with Gasteiger partial charge in [0.05, 0.1) is 5.92 Å². The van der Waals surface area contributed by atoms with Gasteiger partial charge in [-0.3, -0.25) is 9.59 Å². The predicted octanol–water partition coefficient (Wildman–Crippen LogP) is 3.30. The van der Waals surface area contributed by atoms with Crippen LogP contribution in [0.15, 0.2) is 24.3 Å². The molecule has 2 aliphatic rings. The Balaban J connectivity index is 1.58. The Morgan fingerprint density at radius 2 is 1.83 bits per heavy atom. The molecule has 1 aromatic rings. The van der Waals surface area contributed by atoms with Crippen LogP contribution in [0.25, 0.3) is 0 Å². The molecule has 0 aromatic heterocycles. The molecule has 0 spiro atoms. The number of carbonyl (C=O) groups excluding carboxylic acids is 2. The Bertz CT molecular complexity index is 588. The lowest BCUT2D eigenvalue weighted by atomic mass is 9.87. The molecule has 2 amide bonds. The minimum absolute atomic E-state index is 0.0515. The molecule has 1 atom stereocenters. The maximum absolute atomic E-state index is 12.5. The van der Waals surface area contributed by atoms with Gasteiger partial charge in [0, 0.05) is 24.7 Å². The summed E-state index contributed by atoms with van der Waals surface area (Å²) < 4.78 is 0. The molecule has 0 radical (unpaired) electrons. The second kappa shape index (κ2) is 7.37. The molecule has 3 rings (SSSR count). The Labute approximate surface area is 144 Å². The monoisotopic (exact) mass is 328 g/mol. The first kappa shape index (κ1) is 17.0. The minimum Gasteiger partial charge on any atom is -0.353 e. The molecule has 4 nitrogen and oxygen atoms in total. The van der Waals surface area contributed by atoms with Crippen LogP contribution in [0.2, 0.25) is 0 Å². The molecule has 1 aromatic carbocycles. The van der Waals surface area contributed by atoms with Crippen molar-refractivity contribution in [2.75, 3.05) is 11.4 Å². The Kier molecular flexibility index (Phi) is 5.22. The van der Waals surface area contributed by atoms with Crippen molar-refractivity contribution < 1.29 is 9.59 Å². The first-order valence-corrected chi connectivity index (χ1v) is 9.26. The fourth-order valence-corrected chi connectivity index (χ4v) is 3.77. The Morgan fingerprint density at radius 1 is 1.17 bits per heavy atom. The van der Waals surface area contributed by atoms with E-state index in [-0.39, 0.29) is 17.7 Å². The molecule has 0 unspecified atom stereocenters. The highest BCUT2D eigenvalue weighted by Gasteiger charge is 2.36. The van der Waals surface area contributed by atoms with Crippen molar-refractivity contribution in [2.45, 2.75) is 58.4 Å². The van der Waals surface area contributed by atoms with Gasteiger partial charge in [-0.05, 0) is 55.7 Å². The zero-order valence-corrected chi connectivity index (χ0v) is 14.8. The molecule has 0 bridgehead atoms. The van der Waals surface area contributed by atoms with Gasteiger partial charge in [0.25, 0.3) is 0 Å². The first-order chi connectivity index (χ1) is 11.6. The largest absolute Gasteiger partial charge is 0.353 e. The highest BCUT2D eigenvalue weighted by atomic mass is 16.2. The average molecular weight is 328 g/mol. The molecular formula is C20H28N2O2. The maximum atomic E-state index is 12.5. The topological polar surface area (TPSA) is 49.4 Å². The van der Waals surface area contributed by atoms with Crippen LogP contribution >= 0.6 is 0 Å². The van der Waals surface area contributed by atoms with Crippen molar-refractivity contribution >= 4 is 17.5 Å². The first-order valence-electron chi connectivity index (χ1n) is 9.26. The fourth-order valence-electron chi connectivity index (χ4n) is 3.77. The van der Waals surface area contributed by atoms with E-state index in [0.717, 1.165) is 30.9 Å². The third-order valence-corrected chi connectivity index (χ3v) is 5.51. The lowest BCUT2D eigenvalue weighted by molar-refractivity contribution is -0.127. The van der Waals surface area contributed by atoms with Crippen LogP contribution in [0.1, 0.15) is 51.5 Å². The highest BCUT2D eigenvalue weighted by Crippen LogP contribution is 2.27. The average Bonchev–Trinajstić information content (AvgIpc) is 2.99. The van der Waals surface area contributed by atoms with Gasteiger partial charge in [-0.1, -0.05) is 26.0 Å². The molecule has 1 N–H and O–H groups in total. The maximum Gasteiger partial charge on any atom is 0.227 e. The van der Waals surface area contributed by atoms with Crippen LogP contribution in [0.5, 0.6) is 0 Å². The molecule has 4 heteroatoms. The van der Waals surface area contributed by atoms with Gasteiger partial charge in [0.2, 0.25) is 11.8 Å². The summed E-state index contributed by atoms with van der Waals surface area (Å²) in [6.07, 6.45) is 5.81. The van der Waals surface area contributed by atoms with E-state index in [1.807, 2.05) is 12.1 Å². The molecule has 24 heavy (non-hydrogen) atoms. The van der Waals surface area contributed by atoms with Gasteiger partial charge in [-0.2, -0.15) is 0 Å². The van der Waals surface area contributed by atoms with Crippen LogP contribution in [-0.2, 0) is 16.0 Å². The van der Waals surface area contributed by atoms with Crippen molar-refractivity contribution in [3.63, 3.8) is 0 Å². The Morgan fingerprint density at radius 3 is 2.46 bits per heavy atom. The summed E-state index contributed by atoms with van der Waals surface area (Å²) in [6.45, 7) is 4.89. The molecular weight excluding hydrogens is 300 g/mol. The number of anilines is 1. The van der Waals surface area contributed by atoms with Gasteiger partial charge in [-0.25, -0.2) is 0 Å². The van der Waals surface area contributed by atoms with Crippen LogP contribution < -0.4 is 10.2 Å². The molecule has 130 valence electrons. The zero-order valence-electron chi connectivity index (χ0n) is 14.8. The standard InChI is InChI=1S/C20H28N2O2/c1-3-15-6-10-18(11-7-15)22-13-16(12-19(22)23)20(24)21-17-8-4-14(2)5-9-17/h6-7,10-11,14,16-17H,3-5,8-9,12-13H2,1-2H3,(H,21,24)/t14?,16-,17?/m0/s1. The van der Waals surface area contributed by atoms with Crippen molar-refractivity contribution in [3.8, 4) is 0 Å². The van der Waals surface area contributed by atoms with E-state index in [2.05, 4.69) is 31.3 Å². The van der Waals surface area contributed by atoms with Gasteiger partial charge in [0.15, 0.2) is 0 Å². The van der Waals surface area contributed by atoms with Gasteiger partial charge < -0.3 is 10.2 Å². The summed E-state index contributed by atoms with van der Waals surface area (Å²) in [7, 11) is 0. The van der Waals surface area contributed by atoms with E-state index in [4.69, 9.17) is 0 Å². The van der Waals surface area contributed by atoms with E-state index < -0.39 is 0 Å². The van der Waals surface area contributed by atoms with Crippen LogP contribution in [0.4, 0.5) is 5.69 Å². The van der Waals surface area contributed by atoms with E-state index in [0.29, 0.717) is 19.0 Å². The smallest absolute Gasteiger partial charge is 0.227 e. The number of hydrogen-bond donors (Lipinski definition) is 1. The molecule has 2 fully saturated rings. The SMILES string of the molecule is CCc1ccc(N2C[C@@H](C(=O)NC3CCC(C)CC3)CC2=O)cc1. The van der Waals surface area contributed by atoms with E-state index >= 15 is 0 Å². The van der Waals surface area contributed by atoms with Crippen molar-refractivity contribution in [2.24, 2.45) is 11.8 Å². The van der Waals surface area contributed by atoms with E-state index in [1.165, 1.54) is 18.4 Å². The minimum atomic E-state index is -0.220. The number of aryl methyl sites for hydroxylation is 1. The van der Waals surface area contributed by atoms with E-state index in [9.17, 15) is 9.59 Å². The van der Waals surface area contributed by atoms with E-state index in [1.54, 1.807) is 4.90 Å². The second-order valence-corrected chi connectivity index (χ2v) is 7.39. The van der Waals surface area contributed by atoms with Crippen LogP contribution in [-0.4, -0.2) is 24.4 Å². The number of amides is 2. The summed E-state index contributed by atoms with van der Waals surface area (Å²) in [4.78, 5) is 26.6. The lowest BCUT2D eigenvalue weighted by Gasteiger charge is -2.27. The predicted molar refractivity (Wildman–Crippen MR) is 95.8 cm³/mol.